The maximum atomic E-state index is 10.2. The second-order valence-electron chi connectivity index (χ2n) is 6.40. The van der Waals surface area contributed by atoms with E-state index in [0.717, 1.165) is 44.2 Å². The molecular weight excluding hydrogens is 302 g/mol. The van der Waals surface area contributed by atoms with Crippen molar-refractivity contribution in [2.75, 3.05) is 32.8 Å². The van der Waals surface area contributed by atoms with Crippen molar-refractivity contribution in [1.29, 1.82) is 0 Å². The minimum atomic E-state index is -0.588. The summed E-state index contributed by atoms with van der Waals surface area (Å²) < 4.78 is 5.56. The summed E-state index contributed by atoms with van der Waals surface area (Å²) >= 11 is 0. The number of aryl methyl sites for hydroxylation is 1. The topological polar surface area (TPSA) is 65.9 Å². The molecule has 0 saturated carbocycles. The van der Waals surface area contributed by atoms with Crippen LogP contribution in [-0.4, -0.2) is 43.9 Å². The molecule has 1 atom stereocenters. The molecule has 0 bridgehead atoms. The molecule has 1 aromatic rings. The van der Waals surface area contributed by atoms with Crippen molar-refractivity contribution in [3.05, 3.63) is 35.4 Å². The van der Waals surface area contributed by atoms with Crippen LogP contribution in [0.4, 0.5) is 0 Å². The first kappa shape index (κ1) is 20.5. The Morgan fingerprint density at radius 2 is 1.92 bits per heavy atom. The third-order valence-electron chi connectivity index (χ3n) is 3.44. The predicted molar refractivity (Wildman–Crippen MR) is 100 cm³/mol. The molecule has 1 unspecified atom stereocenters. The van der Waals surface area contributed by atoms with Crippen LogP contribution in [0, 0.1) is 12.8 Å². The number of guanidine groups is 1. The molecular formula is C19H33N3O2. The average molecular weight is 335 g/mol. The maximum Gasteiger partial charge on any atom is 0.191 e. The van der Waals surface area contributed by atoms with Crippen LogP contribution in [0.1, 0.15) is 44.4 Å². The van der Waals surface area contributed by atoms with Crippen LogP contribution in [0.3, 0.4) is 0 Å². The number of hydrogen-bond acceptors (Lipinski definition) is 3. The van der Waals surface area contributed by atoms with E-state index in [2.05, 4.69) is 29.5 Å². The van der Waals surface area contributed by atoms with Crippen LogP contribution in [0.5, 0.6) is 0 Å². The predicted octanol–water partition coefficient (Wildman–Crippen LogP) is 2.65. The zero-order valence-electron chi connectivity index (χ0n) is 15.5. The Kier molecular flexibility index (Phi) is 10.1. The molecule has 0 aliphatic rings. The summed E-state index contributed by atoms with van der Waals surface area (Å²) in [5.74, 6) is 1.30. The van der Waals surface area contributed by atoms with E-state index in [1.165, 1.54) is 5.56 Å². The number of hydrogen-bond donors (Lipinski definition) is 3. The van der Waals surface area contributed by atoms with Gasteiger partial charge in [-0.3, -0.25) is 4.99 Å². The highest BCUT2D eigenvalue weighted by Gasteiger charge is 2.07. The second kappa shape index (κ2) is 11.9. The van der Waals surface area contributed by atoms with Crippen LogP contribution in [0.15, 0.2) is 29.3 Å². The average Bonchev–Trinajstić information content (AvgIpc) is 2.55. The summed E-state index contributed by atoms with van der Waals surface area (Å²) in [4.78, 5) is 4.46. The monoisotopic (exact) mass is 335 g/mol. The fourth-order valence-electron chi connectivity index (χ4n) is 2.11. The number of rotatable bonds is 10. The maximum absolute atomic E-state index is 10.2. The molecule has 1 aromatic carbocycles. The lowest BCUT2D eigenvalue weighted by atomic mass is 10.1. The first-order chi connectivity index (χ1) is 11.5. The van der Waals surface area contributed by atoms with Gasteiger partial charge in [-0.15, -0.1) is 0 Å². The van der Waals surface area contributed by atoms with Gasteiger partial charge in [-0.05, 0) is 31.7 Å². The molecule has 0 amide bonds. The number of nitrogens with one attached hydrogen (secondary N) is 2. The smallest absolute Gasteiger partial charge is 0.191 e. The minimum absolute atomic E-state index is 0.336. The van der Waals surface area contributed by atoms with Crippen molar-refractivity contribution in [3.63, 3.8) is 0 Å². The number of nitrogens with zero attached hydrogens (tertiary/aromatic N) is 1. The van der Waals surface area contributed by atoms with Gasteiger partial charge in [0.1, 0.15) is 0 Å². The Bertz CT molecular complexity index is 472. The van der Waals surface area contributed by atoms with Crippen molar-refractivity contribution in [2.24, 2.45) is 10.9 Å². The molecule has 0 radical (unpaired) electrons. The Hall–Kier alpha value is -1.59. The van der Waals surface area contributed by atoms with E-state index in [1.54, 1.807) is 0 Å². The second-order valence-corrected chi connectivity index (χ2v) is 6.40. The Labute approximate surface area is 146 Å². The highest BCUT2D eigenvalue weighted by Crippen LogP contribution is 2.13. The van der Waals surface area contributed by atoms with Gasteiger partial charge in [-0.2, -0.15) is 0 Å². The molecule has 0 heterocycles. The van der Waals surface area contributed by atoms with Gasteiger partial charge in [0.2, 0.25) is 0 Å². The molecule has 5 nitrogen and oxygen atoms in total. The quantitative estimate of drug-likeness (QED) is 0.349. The zero-order chi connectivity index (χ0) is 17.8. The van der Waals surface area contributed by atoms with Gasteiger partial charge in [-0.25, -0.2) is 0 Å². The first-order valence-electron chi connectivity index (χ1n) is 8.87. The molecule has 0 spiro atoms. The van der Waals surface area contributed by atoms with Crippen LogP contribution < -0.4 is 10.6 Å². The normalized spacial score (nSPS) is 13.2. The summed E-state index contributed by atoms with van der Waals surface area (Å²) in [6.07, 6.45) is 0.341. The fourth-order valence-corrected chi connectivity index (χ4v) is 2.11. The number of aliphatic hydroxyl groups is 1. The molecule has 0 aliphatic carbocycles. The van der Waals surface area contributed by atoms with Crippen molar-refractivity contribution in [1.82, 2.24) is 10.6 Å². The van der Waals surface area contributed by atoms with E-state index in [-0.39, 0.29) is 0 Å². The van der Waals surface area contributed by atoms with Crippen molar-refractivity contribution < 1.29 is 9.84 Å². The van der Waals surface area contributed by atoms with E-state index >= 15 is 0 Å². The fraction of sp³-hybridized carbons (Fsp3) is 0.632. The van der Waals surface area contributed by atoms with E-state index in [0.29, 0.717) is 12.5 Å². The minimum Gasteiger partial charge on any atom is -0.386 e. The van der Waals surface area contributed by atoms with Gasteiger partial charge in [0.05, 0.1) is 12.6 Å². The molecule has 0 saturated heterocycles. The van der Waals surface area contributed by atoms with Gasteiger partial charge in [0, 0.05) is 26.3 Å². The van der Waals surface area contributed by atoms with Crippen LogP contribution >= 0.6 is 0 Å². The summed E-state index contributed by atoms with van der Waals surface area (Å²) in [6.45, 7) is 11.8. The van der Waals surface area contributed by atoms with Crippen molar-refractivity contribution in [3.8, 4) is 0 Å². The molecule has 1 rings (SSSR count). The Morgan fingerprint density at radius 1 is 1.21 bits per heavy atom. The molecule has 24 heavy (non-hydrogen) atoms. The molecule has 0 aromatic heterocycles. The number of aliphatic hydroxyl groups excluding tert-OH is 1. The van der Waals surface area contributed by atoms with E-state index in [1.807, 2.05) is 38.1 Å². The lowest BCUT2D eigenvalue weighted by Gasteiger charge is -2.14. The van der Waals surface area contributed by atoms with Gasteiger partial charge >= 0.3 is 0 Å². The van der Waals surface area contributed by atoms with Crippen LogP contribution in [0.2, 0.25) is 0 Å². The van der Waals surface area contributed by atoms with Crippen LogP contribution in [-0.2, 0) is 4.74 Å². The molecule has 3 N–H and O–H groups in total. The van der Waals surface area contributed by atoms with Crippen molar-refractivity contribution in [2.45, 2.75) is 40.2 Å². The summed E-state index contributed by atoms with van der Waals surface area (Å²) in [5.41, 5.74) is 2.08. The van der Waals surface area contributed by atoms with E-state index in [4.69, 9.17) is 4.74 Å². The van der Waals surface area contributed by atoms with E-state index < -0.39 is 6.10 Å². The number of aliphatic imine (C=N–C) groups is 1. The lowest BCUT2D eigenvalue weighted by molar-refractivity contribution is 0.108. The van der Waals surface area contributed by atoms with Gasteiger partial charge in [-0.1, -0.05) is 43.7 Å². The largest absolute Gasteiger partial charge is 0.386 e. The van der Waals surface area contributed by atoms with Crippen LogP contribution in [0.25, 0.3) is 0 Å². The van der Waals surface area contributed by atoms with E-state index in [9.17, 15) is 5.11 Å². The highest BCUT2D eigenvalue weighted by molar-refractivity contribution is 5.79. The van der Waals surface area contributed by atoms with Gasteiger partial charge < -0.3 is 20.5 Å². The standard InChI is InChI=1S/C19H33N3O2/c1-5-20-19(21-11-6-12-24-14-15(2)3)22-13-18(23)17-9-7-16(4)8-10-17/h7-10,15,18,23H,5-6,11-14H2,1-4H3,(H2,20,21,22). The Balaban J connectivity index is 2.37. The zero-order valence-corrected chi connectivity index (χ0v) is 15.5. The van der Waals surface area contributed by atoms with Gasteiger partial charge in [0.15, 0.2) is 5.96 Å². The summed E-state index contributed by atoms with van der Waals surface area (Å²) in [5, 5.41) is 16.7. The first-order valence-corrected chi connectivity index (χ1v) is 8.87. The SMILES string of the molecule is CCNC(=NCC(O)c1ccc(C)cc1)NCCCOCC(C)C. The van der Waals surface area contributed by atoms with Crippen molar-refractivity contribution >= 4 is 5.96 Å². The third kappa shape index (κ3) is 8.89. The van der Waals surface area contributed by atoms with Gasteiger partial charge in [0.25, 0.3) is 0 Å². The number of ether oxygens (including phenoxy) is 1. The summed E-state index contributed by atoms with van der Waals surface area (Å²) in [6, 6.07) is 7.90. The molecule has 5 heteroatoms. The highest BCUT2D eigenvalue weighted by atomic mass is 16.5. The summed E-state index contributed by atoms with van der Waals surface area (Å²) in [7, 11) is 0. The molecule has 136 valence electrons. The number of benzene rings is 1. The Morgan fingerprint density at radius 3 is 2.54 bits per heavy atom. The molecule has 0 aliphatic heterocycles. The lowest BCUT2D eigenvalue weighted by Crippen LogP contribution is -2.38. The third-order valence-corrected chi connectivity index (χ3v) is 3.44. The molecule has 0 fully saturated rings.